The molecule has 0 fully saturated rings. The van der Waals surface area contributed by atoms with Gasteiger partial charge in [0.2, 0.25) is 0 Å². The van der Waals surface area contributed by atoms with Gasteiger partial charge in [-0.25, -0.2) is 0 Å². The molecular formula is C22H29NO2. The van der Waals surface area contributed by atoms with E-state index < -0.39 is 0 Å². The minimum absolute atomic E-state index is 0.0444. The average molecular weight is 339 g/mol. The summed E-state index contributed by atoms with van der Waals surface area (Å²) in [5.41, 5.74) is 6.26. The highest BCUT2D eigenvalue weighted by molar-refractivity contribution is 5.96. The zero-order valence-corrected chi connectivity index (χ0v) is 16.4. The molecule has 0 heterocycles. The second-order valence-electron chi connectivity index (χ2n) is 7.12. The fourth-order valence-electron chi connectivity index (χ4n) is 3.23. The monoisotopic (exact) mass is 339 g/mol. The molecule has 0 aliphatic carbocycles. The van der Waals surface area contributed by atoms with Gasteiger partial charge in [0.25, 0.3) is 5.91 Å². The lowest BCUT2D eigenvalue weighted by molar-refractivity contribution is 0.0939. The van der Waals surface area contributed by atoms with Gasteiger partial charge in [0.05, 0.1) is 13.2 Å². The summed E-state index contributed by atoms with van der Waals surface area (Å²) in [5, 5.41) is 3.14. The van der Waals surface area contributed by atoms with Crippen molar-refractivity contribution in [2.24, 2.45) is 0 Å². The first-order chi connectivity index (χ1) is 11.7. The Hall–Kier alpha value is -2.29. The minimum atomic E-state index is -0.0467. The maximum atomic E-state index is 12.9. The van der Waals surface area contributed by atoms with Crippen molar-refractivity contribution in [2.75, 3.05) is 7.11 Å². The van der Waals surface area contributed by atoms with Crippen LogP contribution in [0.3, 0.4) is 0 Å². The van der Waals surface area contributed by atoms with Crippen molar-refractivity contribution in [1.29, 1.82) is 0 Å². The van der Waals surface area contributed by atoms with Crippen LogP contribution in [0.5, 0.6) is 5.75 Å². The van der Waals surface area contributed by atoms with E-state index in [4.69, 9.17) is 4.74 Å². The van der Waals surface area contributed by atoms with E-state index in [9.17, 15) is 4.79 Å². The number of carbonyl (C=O) groups is 1. The number of rotatable bonds is 5. The second-order valence-corrected chi connectivity index (χ2v) is 7.12. The van der Waals surface area contributed by atoms with Crippen molar-refractivity contribution in [3.63, 3.8) is 0 Å². The number of methoxy groups -OCH3 is 1. The third-order valence-electron chi connectivity index (χ3n) is 4.68. The normalized spacial score (nSPS) is 12.2. The van der Waals surface area contributed by atoms with Gasteiger partial charge in [-0.3, -0.25) is 4.79 Å². The Bertz CT molecular complexity index is 778. The van der Waals surface area contributed by atoms with Gasteiger partial charge in [0.15, 0.2) is 0 Å². The van der Waals surface area contributed by atoms with E-state index in [1.54, 1.807) is 7.11 Å². The molecule has 2 aromatic rings. The van der Waals surface area contributed by atoms with Crippen molar-refractivity contribution in [1.82, 2.24) is 5.32 Å². The standard InChI is InChI=1S/C22H29NO2/c1-13(2)19-12-20(16(5)11-21(19)25-7)22(24)23-17(6)18-9-8-14(3)10-15(18)4/h8-13,17H,1-7H3,(H,23,24)/t17-/m0/s1. The molecule has 2 rings (SSSR count). The molecule has 0 spiro atoms. The van der Waals surface area contributed by atoms with Crippen LogP contribution in [-0.4, -0.2) is 13.0 Å². The molecule has 0 aliphatic heterocycles. The zero-order valence-electron chi connectivity index (χ0n) is 16.4. The summed E-state index contributed by atoms with van der Waals surface area (Å²) in [5.74, 6) is 1.08. The van der Waals surface area contributed by atoms with E-state index in [2.05, 4.69) is 51.2 Å². The van der Waals surface area contributed by atoms with Gasteiger partial charge in [0, 0.05) is 5.56 Å². The molecule has 3 nitrogen and oxygen atoms in total. The van der Waals surface area contributed by atoms with Gasteiger partial charge < -0.3 is 10.1 Å². The summed E-state index contributed by atoms with van der Waals surface area (Å²) in [6.07, 6.45) is 0. The second kappa shape index (κ2) is 7.73. The number of amides is 1. The first kappa shape index (κ1) is 19.0. The minimum Gasteiger partial charge on any atom is -0.496 e. The molecule has 1 atom stereocenters. The summed E-state index contributed by atoms with van der Waals surface area (Å²) in [6.45, 7) is 12.3. The molecule has 0 radical (unpaired) electrons. The van der Waals surface area contributed by atoms with Gasteiger partial charge in [-0.15, -0.1) is 0 Å². The predicted molar refractivity (Wildman–Crippen MR) is 104 cm³/mol. The van der Waals surface area contributed by atoms with Crippen LogP contribution >= 0.6 is 0 Å². The van der Waals surface area contributed by atoms with E-state index in [1.807, 2.05) is 26.0 Å². The molecule has 0 unspecified atom stereocenters. The lowest BCUT2D eigenvalue weighted by Gasteiger charge is -2.20. The molecular weight excluding hydrogens is 310 g/mol. The molecule has 0 saturated carbocycles. The van der Waals surface area contributed by atoms with Crippen molar-refractivity contribution in [3.05, 3.63) is 63.7 Å². The lowest BCUT2D eigenvalue weighted by Crippen LogP contribution is -2.28. The third-order valence-corrected chi connectivity index (χ3v) is 4.68. The highest BCUT2D eigenvalue weighted by Gasteiger charge is 2.18. The number of hydrogen-bond acceptors (Lipinski definition) is 2. The van der Waals surface area contributed by atoms with Gasteiger partial charge >= 0.3 is 0 Å². The van der Waals surface area contributed by atoms with E-state index in [0.717, 1.165) is 22.4 Å². The molecule has 0 saturated heterocycles. The van der Waals surface area contributed by atoms with E-state index in [0.29, 0.717) is 11.5 Å². The van der Waals surface area contributed by atoms with Crippen molar-refractivity contribution in [2.45, 2.75) is 53.5 Å². The summed E-state index contributed by atoms with van der Waals surface area (Å²) in [4.78, 5) is 12.9. The van der Waals surface area contributed by atoms with E-state index in [-0.39, 0.29) is 11.9 Å². The molecule has 1 N–H and O–H groups in total. The first-order valence-electron chi connectivity index (χ1n) is 8.81. The summed E-state index contributed by atoms with van der Waals surface area (Å²) in [6, 6.07) is 10.2. The van der Waals surface area contributed by atoms with Crippen LogP contribution in [0.1, 0.15) is 70.9 Å². The maximum absolute atomic E-state index is 12.9. The largest absolute Gasteiger partial charge is 0.496 e. The number of aryl methyl sites for hydroxylation is 3. The van der Waals surface area contributed by atoms with Gasteiger partial charge in [-0.1, -0.05) is 37.6 Å². The zero-order chi connectivity index (χ0) is 18.7. The van der Waals surface area contributed by atoms with Crippen LogP contribution in [0.25, 0.3) is 0 Å². The van der Waals surface area contributed by atoms with Crippen LogP contribution < -0.4 is 10.1 Å². The third kappa shape index (κ3) is 4.22. The van der Waals surface area contributed by atoms with E-state index in [1.165, 1.54) is 11.1 Å². The Kier molecular flexibility index (Phi) is 5.89. The number of ether oxygens (including phenoxy) is 1. The maximum Gasteiger partial charge on any atom is 0.252 e. The number of benzene rings is 2. The number of carbonyl (C=O) groups excluding carboxylic acids is 1. The fourth-order valence-corrected chi connectivity index (χ4v) is 3.23. The number of nitrogens with one attached hydrogen (secondary N) is 1. The number of hydrogen-bond donors (Lipinski definition) is 1. The molecule has 0 bridgehead atoms. The van der Waals surface area contributed by atoms with Crippen LogP contribution in [0.2, 0.25) is 0 Å². The molecule has 25 heavy (non-hydrogen) atoms. The molecule has 1 amide bonds. The van der Waals surface area contributed by atoms with Crippen molar-refractivity contribution in [3.8, 4) is 5.75 Å². The highest BCUT2D eigenvalue weighted by atomic mass is 16.5. The smallest absolute Gasteiger partial charge is 0.252 e. The summed E-state index contributed by atoms with van der Waals surface area (Å²) < 4.78 is 5.47. The summed E-state index contributed by atoms with van der Waals surface area (Å²) in [7, 11) is 1.67. The molecule has 0 aromatic heterocycles. The summed E-state index contributed by atoms with van der Waals surface area (Å²) >= 11 is 0. The van der Waals surface area contributed by atoms with Crippen LogP contribution in [0.15, 0.2) is 30.3 Å². The molecule has 3 heteroatoms. The van der Waals surface area contributed by atoms with Crippen molar-refractivity contribution >= 4 is 5.91 Å². The Labute approximate surface area is 151 Å². The van der Waals surface area contributed by atoms with Gasteiger partial charge in [-0.05, 0) is 68.0 Å². The van der Waals surface area contributed by atoms with Crippen LogP contribution in [0, 0.1) is 20.8 Å². The average Bonchev–Trinajstić information content (AvgIpc) is 2.53. The topological polar surface area (TPSA) is 38.3 Å². The first-order valence-corrected chi connectivity index (χ1v) is 8.81. The lowest BCUT2D eigenvalue weighted by atomic mass is 9.95. The Balaban J connectivity index is 2.30. The molecule has 134 valence electrons. The van der Waals surface area contributed by atoms with E-state index >= 15 is 0 Å². The Morgan fingerprint density at radius 3 is 2.20 bits per heavy atom. The quantitative estimate of drug-likeness (QED) is 0.809. The Morgan fingerprint density at radius 1 is 0.960 bits per heavy atom. The highest BCUT2D eigenvalue weighted by Crippen LogP contribution is 2.30. The molecule has 0 aliphatic rings. The Morgan fingerprint density at radius 2 is 1.64 bits per heavy atom. The SMILES string of the molecule is COc1cc(C)c(C(=O)N[C@@H](C)c2ccc(C)cc2C)cc1C(C)C. The van der Waals surface area contributed by atoms with Gasteiger partial charge in [-0.2, -0.15) is 0 Å². The molecule has 2 aromatic carbocycles. The fraction of sp³-hybridized carbons (Fsp3) is 0.409. The van der Waals surface area contributed by atoms with Gasteiger partial charge in [0.1, 0.15) is 5.75 Å². The van der Waals surface area contributed by atoms with Crippen LogP contribution in [0.4, 0.5) is 0 Å². The van der Waals surface area contributed by atoms with Crippen LogP contribution in [-0.2, 0) is 0 Å². The predicted octanol–water partition coefficient (Wildman–Crippen LogP) is 5.23. The van der Waals surface area contributed by atoms with Crippen molar-refractivity contribution < 1.29 is 9.53 Å².